The van der Waals surface area contributed by atoms with Crippen LogP contribution in [-0.2, 0) is 18.4 Å². The van der Waals surface area contributed by atoms with Crippen LogP contribution in [0.1, 0.15) is 148 Å². The van der Waals surface area contributed by atoms with Crippen LogP contribution in [0.15, 0.2) is 6.33 Å². The molecular weight excluding hydrogens is 732 g/mol. The number of aromatic nitrogens is 4. The zero-order chi connectivity index (χ0) is 38.0. The summed E-state index contributed by atoms with van der Waals surface area (Å²) < 4.78 is 35.5. The Bertz CT molecular complexity index is 1380. The Kier molecular flexibility index (Phi) is 20.6. The van der Waals surface area contributed by atoms with E-state index >= 15 is 0 Å². The number of rotatable bonds is 29. The average Bonchev–Trinajstić information content (AvgIpc) is 3.62. The summed E-state index contributed by atoms with van der Waals surface area (Å²) in [5, 5.41) is 21.6. The first-order valence-corrected chi connectivity index (χ1v) is 23.5. The lowest BCUT2D eigenvalue weighted by Crippen LogP contribution is -2.33. The standard InChI is InChI=1S/C35H64ClN5O9P2/c1-3-5-7-9-11-13-15-17-19-21-23-40(24-22-20-18-16-14-12-10-8-6-4-2)32-29-33(39-35(36)38-32)41(26-37-29)34-31(43)30(42)28(50-34)25-49-52(47,48)27-51(44,45)46/h26,28,30-31,34,42-43H,3-25,27H2,1-2H3,(H,47,48)(H2,44,45,46)/t28-,30?,31?,34-/m1/s1. The maximum Gasteiger partial charge on any atom is 0.340 e. The van der Waals surface area contributed by atoms with Crippen LogP contribution in [0.5, 0.6) is 0 Å². The number of ether oxygens (including phenoxy) is 1. The number of anilines is 1. The van der Waals surface area contributed by atoms with Gasteiger partial charge in [-0.1, -0.05) is 129 Å². The number of unbranched alkanes of at least 4 members (excludes halogenated alkanes) is 18. The molecule has 0 spiro atoms. The molecule has 3 rings (SSSR count). The Morgan fingerprint density at radius 1 is 0.769 bits per heavy atom. The summed E-state index contributed by atoms with van der Waals surface area (Å²) in [4.78, 5) is 43.8. The van der Waals surface area contributed by atoms with E-state index in [0.29, 0.717) is 17.0 Å². The SMILES string of the molecule is CCCCCCCCCCCCN(CCCCCCCCCCCC)c1nc(Cl)nc2c1ncn2[C@@H]1O[C@H](COP(=O)(O)CP(=O)(O)O)C(O)C1O. The van der Waals surface area contributed by atoms with Gasteiger partial charge in [0.25, 0.3) is 0 Å². The van der Waals surface area contributed by atoms with E-state index in [9.17, 15) is 24.2 Å². The maximum atomic E-state index is 12.2. The third-order valence-electron chi connectivity index (χ3n) is 9.65. The van der Waals surface area contributed by atoms with E-state index in [-0.39, 0.29) is 5.28 Å². The van der Waals surface area contributed by atoms with Gasteiger partial charge in [0.2, 0.25) is 5.28 Å². The third-order valence-corrected chi connectivity index (χ3v) is 13.3. The molecule has 1 aliphatic heterocycles. The summed E-state index contributed by atoms with van der Waals surface area (Å²) in [6.45, 7) is 5.34. The number of hydrogen-bond acceptors (Lipinski definition) is 10. The highest BCUT2D eigenvalue weighted by Gasteiger charge is 2.46. The van der Waals surface area contributed by atoms with Crippen LogP contribution in [0, 0.1) is 0 Å². The number of fused-ring (bicyclic) bond motifs is 1. The molecule has 0 aromatic carbocycles. The largest absolute Gasteiger partial charge is 0.387 e. The van der Waals surface area contributed by atoms with Crippen molar-refractivity contribution in [2.45, 2.75) is 167 Å². The fourth-order valence-electron chi connectivity index (χ4n) is 6.75. The van der Waals surface area contributed by atoms with Crippen molar-refractivity contribution in [2.24, 2.45) is 0 Å². The first-order valence-electron chi connectivity index (χ1n) is 19.5. The molecule has 1 aliphatic rings. The smallest absolute Gasteiger partial charge is 0.340 e. The summed E-state index contributed by atoms with van der Waals surface area (Å²) >= 11 is 6.49. The van der Waals surface area contributed by atoms with E-state index in [0.717, 1.165) is 38.8 Å². The molecule has 0 amide bonds. The molecule has 0 radical (unpaired) electrons. The third kappa shape index (κ3) is 15.9. The van der Waals surface area contributed by atoms with Gasteiger partial charge in [-0.3, -0.25) is 13.7 Å². The molecule has 3 unspecified atom stereocenters. The molecule has 0 bridgehead atoms. The number of hydrogen-bond donors (Lipinski definition) is 5. The Morgan fingerprint density at radius 2 is 1.25 bits per heavy atom. The Balaban J connectivity index is 1.67. The van der Waals surface area contributed by atoms with E-state index in [1.807, 2.05) is 0 Å². The zero-order valence-corrected chi connectivity index (χ0v) is 33.8. The molecule has 5 atom stereocenters. The second kappa shape index (κ2) is 23.7. The minimum Gasteiger partial charge on any atom is -0.387 e. The molecule has 2 aromatic rings. The Labute approximate surface area is 314 Å². The van der Waals surface area contributed by atoms with Gasteiger partial charge in [-0.2, -0.15) is 9.97 Å². The lowest BCUT2D eigenvalue weighted by molar-refractivity contribution is -0.0483. The molecular formula is C35H64ClN5O9P2. The van der Waals surface area contributed by atoms with Gasteiger partial charge in [0.15, 0.2) is 29.1 Å². The first-order chi connectivity index (χ1) is 24.9. The highest BCUT2D eigenvalue weighted by molar-refractivity contribution is 7.70. The molecule has 1 fully saturated rings. The van der Waals surface area contributed by atoms with Gasteiger partial charge in [-0.05, 0) is 24.4 Å². The molecule has 3 heterocycles. The Morgan fingerprint density at radius 3 is 1.73 bits per heavy atom. The van der Waals surface area contributed by atoms with Crippen molar-refractivity contribution in [1.82, 2.24) is 19.5 Å². The van der Waals surface area contributed by atoms with Crippen LogP contribution in [0.4, 0.5) is 5.82 Å². The molecule has 5 N–H and O–H groups in total. The minimum atomic E-state index is -4.84. The topological polar surface area (TPSA) is 201 Å². The van der Waals surface area contributed by atoms with Crippen molar-refractivity contribution in [3.63, 3.8) is 0 Å². The predicted molar refractivity (Wildman–Crippen MR) is 205 cm³/mol. The van der Waals surface area contributed by atoms with Crippen molar-refractivity contribution < 1.29 is 43.3 Å². The molecule has 1 saturated heterocycles. The summed E-state index contributed by atoms with van der Waals surface area (Å²) in [7, 11) is -9.55. The fraction of sp³-hybridized carbons (Fsp3) is 0.857. The van der Waals surface area contributed by atoms with Crippen molar-refractivity contribution >= 4 is 43.8 Å². The van der Waals surface area contributed by atoms with Gasteiger partial charge in [0.05, 0.1) is 12.9 Å². The molecule has 0 aliphatic carbocycles. The summed E-state index contributed by atoms with van der Waals surface area (Å²) in [6.07, 6.45) is 20.5. The van der Waals surface area contributed by atoms with E-state index in [4.69, 9.17) is 30.6 Å². The number of nitrogens with zero attached hydrogens (tertiary/aromatic N) is 5. The molecule has 0 saturated carbocycles. The average molecular weight is 796 g/mol. The lowest BCUT2D eigenvalue weighted by atomic mass is 10.1. The van der Waals surface area contributed by atoms with Crippen LogP contribution in [-0.4, -0.2) is 88.3 Å². The summed E-state index contributed by atoms with van der Waals surface area (Å²) in [5.74, 6) is -0.791. The van der Waals surface area contributed by atoms with Gasteiger partial charge in [-0.15, -0.1) is 0 Å². The second-order valence-corrected chi connectivity index (χ2v) is 18.6. The van der Waals surface area contributed by atoms with Crippen molar-refractivity contribution in [3.05, 3.63) is 11.6 Å². The number of aliphatic hydroxyl groups excluding tert-OH is 2. The number of imidazole rings is 1. The molecule has 300 valence electrons. The summed E-state index contributed by atoms with van der Waals surface area (Å²) in [6, 6.07) is 0. The highest BCUT2D eigenvalue weighted by atomic mass is 35.5. The number of aliphatic hydroxyl groups is 2. The van der Waals surface area contributed by atoms with Crippen LogP contribution >= 0.6 is 26.8 Å². The molecule has 17 heteroatoms. The van der Waals surface area contributed by atoms with E-state index in [1.165, 1.54) is 114 Å². The normalized spacial score (nSPS) is 20.5. The fourth-order valence-corrected chi connectivity index (χ4v) is 9.48. The van der Waals surface area contributed by atoms with Crippen molar-refractivity contribution in [1.29, 1.82) is 0 Å². The van der Waals surface area contributed by atoms with E-state index in [1.54, 1.807) is 0 Å². The molecule has 14 nitrogen and oxygen atoms in total. The van der Waals surface area contributed by atoms with Crippen LogP contribution < -0.4 is 4.90 Å². The van der Waals surface area contributed by atoms with Crippen LogP contribution in [0.25, 0.3) is 11.2 Å². The van der Waals surface area contributed by atoms with Crippen molar-refractivity contribution in [3.8, 4) is 0 Å². The minimum absolute atomic E-state index is 0.00743. The summed E-state index contributed by atoms with van der Waals surface area (Å²) in [5.41, 5.74) is 0.758. The van der Waals surface area contributed by atoms with Crippen LogP contribution in [0.2, 0.25) is 5.28 Å². The van der Waals surface area contributed by atoms with Gasteiger partial charge in [0, 0.05) is 13.1 Å². The number of halogens is 1. The first kappa shape index (κ1) is 45.2. The Hall–Kier alpha value is -1.18. The second-order valence-electron chi connectivity index (χ2n) is 14.3. The van der Waals surface area contributed by atoms with E-state index < -0.39 is 52.2 Å². The highest BCUT2D eigenvalue weighted by Crippen LogP contribution is 2.55. The van der Waals surface area contributed by atoms with Crippen molar-refractivity contribution in [2.75, 3.05) is 30.5 Å². The molecule has 2 aromatic heterocycles. The van der Waals surface area contributed by atoms with Crippen LogP contribution in [0.3, 0.4) is 0 Å². The quantitative estimate of drug-likeness (QED) is 0.0301. The van der Waals surface area contributed by atoms with Gasteiger partial charge in [-0.25, -0.2) is 4.98 Å². The van der Waals surface area contributed by atoms with Gasteiger partial charge in [0.1, 0.15) is 18.3 Å². The van der Waals surface area contributed by atoms with Gasteiger partial charge >= 0.3 is 15.2 Å². The van der Waals surface area contributed by atoms with E-state index in [2.05, 4.69) is 33.7 Å². The van der Waals surface area contributed by atoms with Gasteiger partial charge < -0.3 is 39.1 Å². The molecule has 52 heavy (non-hydrogen) atoms. The maximum absolute atomic E-state index is 12.2. The lowest BCUT2D eigenvalue weighted by Gasteiger charge is -2.24. The monoisotopic (exact) mass is 795 g/mol. The zero-order valence-electron chi connectivity index (χ0n) is 31.2. The predicted octanol–water partition coefficient (Wildman–Crippen LogP) is 8.08.